The minimum absolute atomic E-state index is 0.806. The van der Waals surface area contributed by atoms with Gasteiger partial charge in [-0.2, -0.15) is 0 Å². The maximum Gasteiger partial charge on any atom is 0.0589 e. The molecule has 1 heterocycles. The number of benzene rings is 1. The molecule has 3 nitrogen and oxygen atoms in total. The Kier molecular flexibility index (Phi) is 4.54. The molecule has 1 aromatic carbocycles. The van der Waals surface area contributed by atoms with Crippen LogP contribution in [0, 0.1) is 0 Å². The van der Waals surface area contributed by atoms with Gasteiger partial charge in [0.15, 0.2) is 0 Å². The molecule has 0 unspecified atom stereocenters. The Labute approximate surface area is 104 Å². The largest absolute Gasteiger partial charge is 0.383 e. The first-order valence-electron chi connectivity index (χ1n) is 6.36. The molecule has 2 rings (SSSR count). The van der Waals surface area contributed by atoms with Gasteiger partial charge in [0.05, 0.1) is 6.61 Å². The monoisotopic (exact) mass is 234 g/mol. The SMILES string of the molecule is CCN(CCOC)Cc1ccc2c(c1)CNC2. The molecule has 94 valence electrons. The molecule has 3 heteroatoms. The first-order chi connectivity index (χ1) is 8.33. The average molecular weight is 234 g/mol. The molecule has 0 aliphatic carbocycles. The lowest BCUT2D eigenvalue weighted by Crippen LogP contribution is -2.26. The molecule has 1 aliphatic rings. The van der Waals surface area contributed by atoms with Crippen molar-refractivity contribution in [3.8, 4) is 0 Å². The van der Waals surface area contributed by atoms with Crippen molar-refractivity contribution >= 4 is 0 Å². The van der Waals surface area contributed by atoms with E-state index in [-0.39, 0.29) is 0 Å². The van der Waals surface area contributed by atoms with Gasteiger partial charge in [0, 0.05) is 33.3 Å². The third-order valence-electron chi connectivity index (χ3n) is 3.37. The van der Waals surface area contributed by atoms with Crippen LogP contribution < -0.4 is 5.32 Å². The summed E-state index contributed by atoms with van der Waals surface area (Å²) in [6.45, 7) is 8.14. The normalized spacial score (nSPS) is 14.3. The van der Waals surface area contributed by atoms with Crippen LogP contribution in [0.15, 0.2) is 18.2 Å². The van der Waals surface area contributed by atoms with Crippen LogP contribution in [-0.2, 0) is 24.4 Å². The van der Waals surface area contributed by atoms with Gasteiger partial charge in [-0.15, -0.1) is 0 Å². The summed E-state index contributed by atoms with van der Waals surface area (Å²) in [7, 11) is 1.76. The van der Waals surface area contributed by atoms with E-state index in [9.17, 15) is 0 Å². The van der Waals surface area contributed by atoms with Crippen LogP contribution in [0.5, 0.6) is 0 Å². The van der Waals surface area contributed by atoms with Gasteiger partial charge < -0.3 is 10.1 Å². The summed E-state index contributed by atoms with van der Waals surface area (Å²) in [6.07, 6.45) is 0. The summed E-state index contributed by atoms with van der Waals surface area (Å²) in [6, 6.07) is 6.85. The van der Waals surface area contributed by atoms with E-state index >= 15 is 0 Å². The van der Waals surface area contributed by atoms with E-state index in [1.165, 1.54) is 16.7 Å². The van der Waals surface area contributed by atoms with Crippen molar-refractivity contribution in [2.45, 2.75) is 26.6 Å². The second-order valence-electron chi connectivity index (χ2n) is 4.57. The third-order valence-corrected chi connectivity index (χ3v) is 3.37. The molecule has 0 bridgehead atoms. The molecule has 0 saturated heterocycles. The number of hydrogen-bond acceptors (Lipinski definition) is 3. The van der Waals surface area contributed by atoms with Gasteiger partial charge in [-0.05, 0) is 23.2 Å². The number of ether oxygens (including phenoxy) is 1. The Morgan fingerprint density at radius 1 is 1.29 bits per heavy atom. The zero-order chi connectivity index (χ0) is 12.1. The highest BCUT2D eigenvalue weighted by atomic mass is 16.5. The number of methoxy groups -OCH3 is 1. The van der Waals surface area contributed by atoms with E-state index in [0.717, 1.165) is 39.3 Å². The summed E-state index contributed by atoms with van der Waals surface area (Å²) in [5.41, 5.74) is 4.32. The molecule has 0 amide bonds. The maximum atomic E-state index is 5.13. The van der Waals surface area contributed by atoms with E-state index in [0.29, 0.717) is 0 Å². The van der Waals surface area contributed by atoms with Gasteiger partial charge in [0.25, 0.3) is 0 Å². The molecule has 0 fully saturated rings. The zero-order valence-corrected chi connectivity index (χ0v) is 10.8. The number of hydrogen-bond donors (Lipinski definition) is 1. The molecule has 1 N–H and O–H groups in total. The number of fused-ring (bicyclic) bond motifs is 1. The van der Waals surface area contributed by atoms with Crippen molar-refractivity contribution in [2.24, 2.45) is 0 Å². The Morgan fingerprint density at radius 3 is 2.88 bits per heavy atom. The fourth-order valence-electron chi connectivity index (χ4n) is 2.27. The van der Waals surface area contributed by atoms with Gasteiger partial charge in [0.2, 0.25) is 0 Å². The second-order valence-corrected chi connectivity index (χ2v) is 4.57. The second kappa shape index (κ2) is 6.15. The molecule has 17 heavy (non-hydrogen) atoms. The lowest BCUT2D eigenvalue weighted by molar-refractivity contribution is 0.147. The first kappa shape index (κ1) is 12.6. The van der Waals surface area contributed by atoms with Crippen LogP contribution in [0.1, 0.15) is 23.6 Å². The molecule has 0 saturated carbocycles. The van der Waals surface area contributed by atoms with Gasteiger partial charge >= 0.3 is 0 Å². The summed E-state index contributed by atoms with van der Waals surface area (Å²) >= 11 is 0. The molecular weight excluding hydrogens is 212 g/mol. The van der Waals surface area contributed by atoms with Crippen molar-refractivity contribution in [2.75, 3.05) is 26.8 Å². The quantitative estimate of drug-likeness (QED) is 0.811. The van der Waals surface area contributed by atoms with Crippen LogP contribution in [0.4, 0.5) is 0 Å². The zero-order valence-electron chi connectivity index (χ0n) is 10.8. The van der Waals surface area contributed by atoms with Gasteiger partial charge in [-0.25, -0.2) is 0 Å². The minimum atomic E-state index is 0.806. The average Bonchev–Trinajstić information content (AvgIpc) is 2.81. The van der Waals surface area contributed by atoms with E-state index < -0.39 is 0 Å². The standard InChI is InChI=1S/C14H22N2O/c1-3-16(6-7-17-2)11-12-4-5-13-9-15-10-14(13)8-12/h4-5,8,15H,3,6-7,9-11H2,1-2H3. The van der Waals surface area contributed by atoms with Gasteiger partial charge in [-0.1, -0.05) is 25.1 Å². The summed E-state index contributed by atoms with van der Waals surface area (Å²) in [5, 5.41) is 3.38. The van der Waals surface area contributed by atoms with Crippen LogP contribution in [-0.4, -0.2) is 31.7 Å². The first-order valence-corrected chi connectivity index (χ1v) is 6.36. The smallest absolute Gasteiger partial charge is 0.0589 e. The van der Waals surface area contributed by atoms with Gasteiger partial charge in [-0.3, -0.25) is 4.90 Å². The third kappa shape index (κ3) is 3.28. The fraction of sp³-hybridized carbons (Fsp3) is 0.571. The lowest BCUT2D eigenvalue weighted by Gasteiger charge is -2.20. The predicted molar refractivity (Wildman–Crippen MR) is 69.8 cm³/mol. The van der Waals surface area contributed by atoms with Crippen LogP contribution in [0.3, 0.4) is 0 Å². The summed E-state index contributed by atoms with van der Waals surface area (Å²) in [5.74, 6) is 0. The van der Waals surface area contributed by atoms with Crippen LogP contribution in [0.2, 0.25) is 0 Å². The number of nitrogens with zero attached hydrogens (tertiary/aromatic N) is 1. The van der Waals surface area contributed by atoms with E-state index in [4.69, 9.17) is 4.74 Å². The molecule has 0 aromatic heterocycles. The highest BCUT2D eigenvalue weighted by Gasteiger charge is 2.11. The number of nitrogens with one attached hydrogen (secondary N) is 1. The Balaban J connectivity index is 1.97. The molecule has 0 atom stereocenters. The van der Waals surface area contributed by atoms with Crippen molar-refractivity contribution in [1.82, 2.24) is 10.2 Å². The lowest BCUT2D eigenvalue weighted by atomic mass is 10.1. The topological polar surface area (TPSA) is 24.5 Å². The highest BCUT2D eigenvalue weighted by Crippen LogP contribution is 2.18. The van der Waals surface area contributed by atoms with Crippen molar-refractivity contribution < 1.29 is 4.74 Å². The number of likely N-dealkylation sites (N-methyl/N-ethyl adjacent to an activating group) is 1. The fourth-order valence-corrected chi connectivity index (χ4v) is 2.27. The number of rotatable bonds is 6. The molecule has 1 aromatic rings. The van der Waals surface area contributed by atoms with E-state index in [1.807, 2.05) is 0 Å². The maximum absolute atomic E-state index is 5.13. The van der Waals surface area contributed by atoms with Gasteiger partial charge in [0.1, 0.15) is 0 Å². The molecule has 1 aliphatic heterocycles. The van der Waals surface area contributed by atoms with Crippen molar-refractivity contribution in [1.29, 1.82) is 0 Å². The van der Waals surface area contributed by atoms with Crippen LogP contribution >= 0.6 is 0 Å². The Hall–Kier alpha value is -0.900. The predicted octanol–water partition coefficient (Wildman–Crippen LogP) is 1.76. The Morgan fingerprint density at radius 2 is 2.12 bits per heavy atom. The minimum Gasteiger partial charge on any atom is -0.383 e. The summed E-state index contributed by atoms with van der Waals surface area (Å²) < 4.78 is 5.13. The molecule has 0 radical (unpaired) electrons. The van der Waals surface area contributed by atoms with E-state index in [1.54, 1.807) is 7.11 Å². The summed E-state index contributed by atoms with van der Waals surface area (Å²) in [4.78, 5) is 2.41. The van der Waals surface area contributed by atoms with Crippen LogP contribution in [0.25, 0.3) is 0 Å². The van der Waals surface area contributed by atoms with E-state index in [2.05, 4.69) is 35.3 Å². The van der Waals surface area contributed by atoms with Crippen molar-refractivity contribution in [3.05, 3.63) is 34.9 Å². The molecular formula is C14H22N2O. The van der Waals surface area contributed by atoms with Crippen molar-refractivity contribution in [3.63, 3.8) is 0 Å². The molecule has 0 spiro atoms. The highest BCUT2D eigenvalue weighted by molar-refractivity contribution is 5.34. The Bertz CT molecular complexity index is 365.